The van der Waals surface area contributed by atoms with Crippen molar-refractivity contribution in [3.8, 4) is 23.0 Å². The Bertz CT molecular complexity index is 4720. The van der Waals surface area contributed by atoms with Crippen LogP contribution in [-0.4, -0.2) is 176 Å². The summed E-state index contributed by atoms with van der Waals surface area (Å²) < 4.78 is 356. The van der Waals surface area contributed by atoms with Crippen molar-refractivity contribution in [3.63, 3.8) is 0 Å². The molecule has 14 unspecified atom stereocenters. The van der Waals surface area contributed by atoms with Crippen molar-refractivity contribution in [1.82, 2.24) is 10.6 Å². The van der Waals surface area contributed by atoms with E-state index in [-0.39, 0.29) is 124 Å². The summed E-state index contributed by atoms with van der Waals surface area (Å²) in [7, 11) is -11.5. The van der Waals surface area contributed by atoms with Crippen LogP contribution in [0.15, 0.2) is 36.4 Å². The van der Waals surface area contributed by atoms with Crippen LogP contribution < -0.4 is 44.6 Å². The third kappa shape index (κ3) is 33.7. The second-order valence-electron chi connectivity index (χ2n) is 36.2. The molecule has 0 aliphatic heterocycles. The minimum Gasteiger partial charge on any atom is -0.790 e. The molecule has 4 fully saturated rings. The molecule has 0 radical (unpaired) electrons. The zero-order valence-corrected chi connectivity index (χ0v) is 84.5. The lowest BCUT2D eigenvalue weighted by Gasteiger charge is -2.50. The average Bonchev–Trinajstić information content (AvgIpc) is 1.67. The number of halogens is 17. The Kier molecular flexibility index (Phi) is 45.8. The van der Waals surface area contributed by atoms with Crippen molar-refractivity contribution in [2.24, 2.45) is 46.3 Å². The summed E-state index contributed by atoms with van der Waals surface area (Å²) in [5.74, 6) is -12.6. The van der Waals surface area contributed by atoms with Crippen molar-refractivity contribution in [1.29, 1.82) is 0 Å². The largest absolute Gasteiger partial charge is 0.790 e. The summed E-state index contributed by atoms with van der Waals surface area (Å²) in [5.41, 5.74) is -4.50. The first kappa shape index (κ1) is 119. The molecular weight excluding hydrogens is 2040 g/mol. The highest BCUT2D eigenvalue weighted by Crippen LogP contribution is 2.64. The van der Waals surface area contributed by atoms with E-state index >= 15 is 35.1 Å². The van der Waals surface area contributed by atoms with E-state index < -0.39 is 182 Å². The number of ether oxygens (including phenoxy) is 8. The van der Waals surface area contributed by atoms with Gasteiger partial charge in [-0.3, -0.25) is 13.6 Å². The summed E-state index contributed by atoms with van der Waals surface area (Å²) >= 11 is 0. The van der Waals surface area contributed by atoms with Gasteiger partial charge in [0.1, 0.15) is 11.5 Å². The van der Waals surface area contributed by atoms with Gasteiger partial charge in [0.2, 0.25) is 34.8 Å². The van der Waals surface area contributed by atoms with Crippen molar-refractivity contribution in [3.05, 3.63) is 116 Å². The van der Waals surface area contributed by atoms with Gasteiger partial charge in [0.15, 0.2) is 28.9 Å². The lowest BCUT2D eigenvalue weighted by atomic mass is 9.55. The van der Waals surface area contributed by atoms with Gasteiger partial charge in [-0.1, -0.05) is 69.2 Å². The highest BCUT2D eigenvalue weighted by Gasteiger charge is 2.69. The molecule has 139 heavy (non-hydrogen) atoms. The fraction of sp³-hybridized carbons (Fsp3) is 0.727. The van der Waals surface area contributed by atoms with Gasteiger partial charge in [0.25, 0.3) is 13.4 Å². The van der Waals surface area contributed by atoms with Gasteiger partial charge in [0.05, 0.1) is 74.1 Å². The lowest BCUT2D eigenvalue weighted by molar-refractivity contribution is -0.374. The molecule has 0 spiro atoms. The molecule has 0 aromatic heterocycles. The minimum absolute atomic E-state index is 0.00348. The molecule has 10 rings (SSSR count). The van der Waals surface area contributed by atoms with Crippen molar-refractivity contribution in [2.75, 3.05) is 130 Å². The first-order valence-electron chi connectivity index (χ1n) is 45.7. The van der Waals surface area contributed by atoms with Crippen LogP contribution in [0.25, 0.3) is 0 Å². The van der Waals surface area contributed by atoms with Crippen LogP contribution in [-0.2, 0) is 99.8 Å². The van der Waals surface area contributed by atoms with Crippen molar-refractivity contribution >= 4 is 74.5 Å². The molecule has 0 saturated heterocycles. The van der Waals surface area contributed by atoms with Crippen molar-refractivity contribution in [2.45, 2.75) is 230 Å². The second-order valence-corrected chi connectivity index (χ2v) is 47.0. The average molecular weight is 2170 g/mol. The normalized spacial score (nSPS) is 23.1. The van der Waals surface area contributed by atoms with Crippen LogP contribution in [0, 0.1) is 92.9 Å². The fourth-order valence-corrected chi connectivity index (χ4v) is 24.8. The summed E-state index contributed by atoms with van der Waals surface area (Å²) in [6, 6.07) is 10.0. The van der Waals surface area contributed by atoms with E-state index in [1.165, 1.54) is 49.2 Å². The number of benzene rings is 4. The quantitative estimate of drug-likeness (QED) is 0.0121. The van der Waals surface area contributed by atoms with E-state index in [9.17, 15) is 87.1 Å². The number of nitrogens with one attached hydrogen (secondary N) is 2. The van der Waals surface area contributed by atoms with Crippen molar-refractivity contribution < 1.29 is 187 Å². The van der Waals surface area contributed by atoms with Crippen LogP contribution in [0.4, 0.5) is 74.6 Å². The van der Waals surface area contributed by atoms with Gasteiger partial charge >= 0.3 is 26.4 Å². The number of phosphoric ester groups is 4. The van der Waals surface area contributed by atoms with Crippen LogP contribution in [0.3, 0.4) is 0 Å². The molecule has 26 nitrogen and oxygen atoms in total. The van der Waals surface area contributed by atoms with Gasteiger partial charge in [-0.25, -0.2) is 22.1 Å². The third-order valence-corrected chi connectivity index (χ3v) is 34.5. The van der Waals surface area contributed by atoms with E-state index in [0.717, 1.165) is 108 Å². The van der Waals surface area contributed by atoms with Gasteiger partial charge in [-0.05, 0) is 255 Å². The van der Waals surface area contributed by atoms with E-state index in [0.29, 0.717) is 113 Å². The van der Waals surface area contributed by atoms with Crippen LogP contribution in [0.2, 0.25) is 0 Å². The standard InChI is InChI=1S/C44H61F10NO12P2S2.C44H64F7NO12P2S2/c1-41-15-14-31-30-11-9-29(23-28(30)8-10-32(31)34(41)12-13-35(41)63-18-6-19-64-42(2,43(49,50)51)44(52,53)54)67-40-38(47)36(45)33(37(46)39(40)48)24-55-16-5-21-70-71-22-20-62-17-4-7-27(25-65-68(56,57)58)26-66-69(59,60)61-3;1-42(2,44(49,50)51)61-20-7-19-60-36-14-13-35-33-11-9-29-24-30(10-12-31(29)32(33)15-16-43(35,36)3)64-41-39(47)37(45)34(38(46)40(41)48)25-52-17-6-22-67-68-23-21-59-18-5-8-28(26-62-65(53,54)55)27-63-66(56,57)58-4/h9,11,23,27,31-32,34-35,55H,4-8,10,12-22,24-26H2,1-3H3,(H,59,60)(H2,56,57,58);10,12,24,28,32-33,35-36,52H,5-9,11,13-23,25-27H2,1-4H3,(H,56,57)(H2,53,54,55)/p-5. The summed E-state index contributed by atoms with van der Waals surface area (Å²) in [5, 5.41) is 5.62. The summed E-state index contributed by atoms with van der Waals surface area (Å²) in [6.45, 7) is 4.69. The lowest BCUT2D eigenvalue weighted by Crippen LogP contribution is -2.56. The number of hydrogen-bond acceptors (Lipinski definition) is 29. The molecule has 0 heterocycles. The number of phosphoric acid groups is 4. The molecule has 0 bridgehead atoms. The molecule has 6 aliphatic carbocycles. The van der Waals surface area contributed by atoms with Gasteiger partial charge < -0.3 is 105 Å². The molecular formula is C88H120F17N2O24P4S4-5. The topological polar surface area (TPSA) is 357 Å². The number of rotatable bonds is 58. The summed E-state index contributed by atoms with van der Waals surface area (Å²) in [6.07, 6.45) is -3.87. The first-order valence-corrected chi connectivity index (χ1v) is 56.5. The maximum absolute atomic E-state index is 15.3. The van der Waals surface area contributed by atoms with Gasteiger partial charge in [0, 0.05) is 106 Å². The fourth-order valence-electron chi connectivity index (χ4n) is 19.2. The molecule has 4 saturated carbocycles. The zero-order valence-electron chi connectivity index (χ0n) is 77.7. The minimum atomic E-state index is -5.64. The van der Waals surface area contributed by atoms with E-state index in [4.69, 9.17) is 37.7 Å². The summed E-state index contributed by atoms with van der Waals surface area (Å²) in [4.78, 5) is 64.1. The maximum atomic E-state index is 15.3. The number of hydrogen-bond donors (Lipinski definition) is 3. The van der Waals surface area contributed by atoms with Crippen LogP contribution >= 0.6 is 74.5 Å². The zero-order chi connectivity index (χ0) is 102. The Morgan fingerprint density at radius 1 is 0.453 bits per heavy atom. The monoisotopic (exact) mass is 2160 g/mol. The van der Waals surface area contributed by atoms with Crippen LogP contribution in [0.1, 0.15) is 195 Å². The molecule has 794 valence electrons. The van der Waals surface area contributed by atoms with E-state index in [2.05, 4.69) is 51.8 Å². The van der Waals surface area contributed by atoms with E-state index in [1.54, 1.807) is 24.3 Å². The molecule has 51 heteroatoms. The molecule has 4 aromatic rings. The van der Waals surface area contributed by atoms with Gasteiger partial charge in [-0.2, -0.15) is 57.1 Å². The highest BCUT2D eigenvalue weighted by atomic mass is 33.1. The maximum Gasteiger partial charge on any atom is 0.471 e. The Labute approximate surface area is 813 Å². The molecule has 3 N–H and O–H groups in total. The Balaban J connectivity index is 0.000000311. The second kappa shape index (κ2) is 53.3. The highest BCUT2D eigenvalue weighted by molar-refractivity contribution is 8.77. The molecule has 4 aromatic carbocycles. The Morgan fingerprint density at radius 2 is 0.842 bits per heavy atom. The Morgan fingerprint density at radius 3 is 1.22 bits per heavy atom. The molecule has 0 amide bonds. The van der Waals surface area contributed by atoms with Gasteiger partial charge in [-0.15, -0.1) is 0 Å². The molecule has 6 aliphatic rings. The SMILES string of the molecule is COP(=O)(O)OCC(CCCOCCSSCCCNCc1c(F)c(F)c(Oc2ccc3c(c2)CCC2C3CCC3(C)C(OCCCOC(C)(C)C(F)(F)F)CCC23)c(F)c1F)COP(=O)([O-])[O-].COP(=O)([O-])OCC(CCCOCCSSCCCNCc1c(F)c(F)c(Oc2ccc3c(c2)CCC2C3CCC3(C)C(OCCCOC(C)(C(F)(F)F)C(F)(F)F)CCC23)c(F)c1F)COP(=O)([O-])[O-]. The Hall–Kier alpha value is -3.19. The first-order chi connectivity index (χ1) is 65.2. The predicted octanol–water partition coefficient (Wildman–Crippen LogP) is 19.7. The predicted molar refractivity (Wildman–Crippen MR) is 476 cm³/mol. The number of aryl methyl sites for hydroxylation is 2. The number of alkyl halides is 9. The molecule has 14 atom stereocenters. The van der Waals surface area contributed by atoms with E-state index in [1.807, 2.05) is 6.07 Å². The smallest absolute Gasteiger partial charge is 0.471 e. The third-order valence-electron chi connectivity index (χ3n) is 26.8. The number of fused-ring (bicyclic) bond motifs is 10. The van der Waals surface area contributed by atoms with Crippen LogP contribution in [0.5, 0.6) is 23.0 Å².